The Bertz CT molecular complexity index is 358. The third-order valence-corrected chi connectivity index (χ3v) is 4.76. The Balaban J connectivity index is 4.35. The molecular formula is C17H32O4S2. The molecule has 2 atom stereocenters. The van der Waals surface area contributed by atoms with E-state index in [1.54, 1.807) is 13.8 Å². The Morgan fingerprint density at radius 3 is 1.39 bits per heavy atom. The molecule has 6 heteroatoms. The standard InChI is InChI=1S/C17H32O4S2/c1-12(10-22)14(18)20-16(3,4)8-7-9-17(5,6)21-15(19)13(2)11-23/h12-13,22-23H,7-11H2,1-6H3. The zero-order valence-corrected chi connectivity index (χ0v) is 17.0. The molecule has 0 saturated heterocycles. The van der Waals surface area contributed by atoms with Crippen molar-refractivity contribution in [1.29, 1.82) is 0 Å². The minimum absolute atomic E-state index is 0.210. The Hall–Kier alpha value is -0.360. The molecule has 0 aromatic rings. The van der Waals surface area contributed by atoms with Gasteiger partial charge in [-0.05, 0) is 47.0 Å². The maximum absolute atomic E-state index is 11.9. The van der Waals surface area contributed by atoms with E-state index in [2.05, 4.69) is 25.3 Å². The van der Waals surface area contributed by atoms with E-state index in [1.165, 1.54) is 0 Å². The van der Waals surface area contributed by atoms with Crippen LogP contribution in [0.2, 0.25) is 0 Å². The van der Waals surface area contributed by atoms with E-state index in [4.69, 9.17) is 9.47 Å². The first-order valence-corrected chi connectivity index (χ1v) is 9.38. The first kappa shape index (κ1) is 22.6. The fraction of sp³-hybridized carbons (Fsp3) is 0.882. The second-order valence-electron chi connectivity index (χ2n) is 7.38. The molecule has 0 amide bonds. The monoisotopic (exact) mass is 364 g/mol. The number of hydrogen-bond acceptors (Lipinski definition) is 6. The number of carbonyl (C=O) groups is 2. The minimum Gasteiger partial charge on any atom is -0.459 e. The molecule has 0 heterocycles. The fourth-order valence-electron chi connectivity index (χ4n) is 1.94. The van der Waals surface area contributed by atoms with Crippen LogP contribution in [0.15, 0.2) is 0 Å². The fourth-order valence-corrected chi connectivity index (χ4v) is 2.23. The van der Waals surface area contributed by atoms with Gasteiger partial charge in [-0.25, -0.2) is 0 Å². The molecule has 0 aromatic heterocycles. The van der Waals surface area contributed by atoms with Crippen LogP contribution in [0.5, 0.6) is 0 Å². The zero-order chi connectivity index (χ0) is 18.3. The second-order valence-corrected chi connectivity index (χ2v) is 8.11. The van der Waals surface area contributed by atoms with E-state index in [1.807, 2.05) is 27.7 Å². The lowest BCUT2D eigenvalue weighted by Gasteiger charge is -2.30. The molecule has 0 fully saturated rings. The molecule has 0 bridgehead atoms. The SMILES string of the molecule is CC(CS)C(=O)OC(C)(C)CCCC(C)(C)OC(=O)C(C)CS. The summed E-state index contributed by atoms with van der Waals surface area (Å²) in [7, 11) is 0. The quantitative estimate of drug-likeness (QED) is 0.455. The first-order chi connectivity index (χ1) is 10.4. The smallest absolute Gasteiger partial charge is 0.310 e. The van der Waals surface area contributed by atoms with Crippen LogP contribution in [0.3, 0.4) is 0 Å². The first-order valence-electron chi connectivity index (χ1n) is 8.11. The van der Waals surface area contributed by atoms with Crippen LogP contribution < -0.4 is 0 Å². The van der Waals surface area contributed by atoms with Crippen molar-refractivity contribution in [3.05, 3.63) is 0 Å². The number of carbonyl (C=O) groups excluding carboxylic acids is 2. The largest absolute Gasteiger partial charge is 0.459 e. The summed E-state index contributed by atoms with van der Waals surface area (Å²) in [6, 6.07) is 0. The van der Waals surface area contributed by atoms with Crippen molar-refractivity contribution in [3.8, 4) is 0 Å². The van der Waals surface area contributed by atoms with Gasteiger partial charge >= 0.3 is 11.9 Å². The van der Waals surface area contributed by atoms with Gasteiger partial charge in [0.15, 0.2) is 0 Å². The van der Waals surface area contributed by atoms with Crippen LogP contribution in [0, 0.1) is 11.8 Å². The number of rotatable bonds is 10. The van der Waals surface area contributed by atoms with Gasteiger partial charge in [-0.2, -0.15) is 25.3 Å². The zero-order valence-electron chi connectivity index (χ0n) is 15.2. The number of ether oxygens (including phenoxy) is 2. The highest BCUT2D eigenvalue weighted by atomic mass is 32.1. The third kappa shape index (κ3) is 9.50. The van der Waals surface area contributed by atoms with Crippen molar-refractivity contribution < 1.29 is 19.1 Å². The van der Waals surface area contributed by atoms with Crippen LogP contribution in [0.4, 0.5) is 0 Å². The summed E-state index contributed by atoms with van der Waals surface area (Å²) in [5, 5.41) is 0. The molecule has 4 nitrogen and oxygen atoms in total. The Morgan fingerprint density at radius 1 is 0.826 bits per heavy atom. The van der Waals surface area contributed by atoms with Gasteiger partial charge in [-0.3, -0.25) is 9.59 Å². The summed E-state index contributed by atoms with van der Waals surface area (Å²) in [5.41, 5.74) is -1.07. The maximum Gasteiger partial charge on any atom is 0.310 e. The van der Waals surface area contributed by atoms with E-state index < -0.39 is 11.2 Å². The number of hydrogen-bond donors (Lipinski definition) is 2. The molecule has 0 aromatic carbocycles. The maximum atomic E-state index is 11.9. The van der Waals surface area contributed by atoms with Gasteiger partial charge in [-0.15, -0.1) is 0 Å². The van der Waals surface area contributed by atoms with Gasteiger partial charge in [-0.1, -0.05) is 13.8 Å². The molecule has 2 unspecified atom stereocenters. The van der Waals surface area contributed by atoms with Gasteiger partial charge in [0.1, 0.15) is 11.2 Å². The molecule has 0 radical (unpaired) electrons. The Morgan fingerprint density at radius 2 is 1.13 bits per heavy atom. The summed E-state index contributed by atoms with van der Waals surface area (Å²) in [5.74, 6) is 0.0784. The van der Waals surface area contributed by atoms with Crippen LogP contribution in [0.1, 0.15) is 60.8 Å². The molecule has 0 rings (SSSR count). The average molecular weight is 365 g/mol. The van der Waals surface area contributed by atoms with E-state index in [9.17, 15) is 9.59 Å². The molecule has 0 saturated carbocycles. The molecule has 23 heavy (non-hydrogen) atoms. The molecule has 0 spiro atoms. The van der Waals surface area contributed by atoms with Gasteiger partial charge in [0.25, 0.3) is 0 Å². The van der Waals surface area contributed by atoms with Gasteiger partial charge < -0.3 is 9.47 Å². The van der Waals surface area contributed by atoms with Crippen LogP contribution in [-0.2, 0) is 19.1 Å². The Kier molecular flexibility index (Phi) is 9.67. The molecule has 136 valence electrons. The number of esters is 2. The topological polar surface area (TPSA) is 52.6 Å². The normalized spacial score (nSPS) is 15.0. The van der Waals surface area contributed by atoms with E-state index in [0.717, 1.165) is 6.42 Å². The second kappa shape index (κ2) is 9.82. The van der Waals surface area contributed by atoms with Gasteiger partial charge in [0.2, 0.25) is 0 Å². The van der Waals surface area contributed by atoms with E-state index >= 15 is 0 Å². The average Bonchev–Trinajstić information content (AvgIpc) is 2.43. The summed E-state index contributed by atoms with van der Waals surface area (Å²) in [6.45, 7) is 11.2. The van der Waals surface area contributed by atoms with Crippen molar-refractivity contribution in [2.75, 3.05) is 11.5 Å². The highest BCUT2D eigenvalue weighted by Gasteiger charge is 2.29. The van der Waals surface area contributed by atoms with Crippen molar-refractivity contribution >= 4 is 37.2 Å². The van der Waals surface area contributed by atoms with E-state index in [-0.39, 0.29) is 23.8 Å². The molecule has 0 aliphatic carbocycles. The predicted octanol–water partition coefficient (Wildman–Crippen LogP) is 3.93. The van der Waals surface area contributed by atoms with Crippen molar-refractivity contribution in [2.24, 2.45) is 11.8 Å². The lowest BCUT2D eigenvalue weighted by atomic mass is 9.94. The van der Waals surface area contributed by atoms with Crippen molar-refractivity contribution in [1.82, 2.24) is 0 Å². The summed E-state index contributed by atoms with van der Waals surface area (Å²) >= 11 is 8.23. The van der Waals surface area contributed by atoms with Crippen LogP contribution in [-0.4, -0.2) is 34.6 Å². The lowest BCUT2D eigenvalue weighted by molar-refractivity contribution is -0.162. The summed E-state index contributed by atoms with van der Waals surface area (Å²) < 4.78 is 11.1. The summed E-state index contributed by atoms with van der Waals surface area (Å²) in [4.78, 5) is 23.7. The van der Waals surface area contributed by atoms with Crippen molar-refractivity contribution in [2.45, 2.75) is 72.0 Å². The third-order valence-electron chi connectivity index (χ3n) is 3.66. The molecule has 0 aliphatic heterocycles. The van der Waals surface area contributed by atoms with Gasteiger partial charge in [0, 0.05) is 11.5 Å². The summed E-state index contributed by atoms with van der Waals surface area (Å²) in [6.07, 6.45) is 2.22. The number of thiol groups is 2. The highest BCUT2D eigenvalue weighted by Crippen LogP contribution is 2.25. The highest BCUT2D eigenvalue weighted by molar-refractivity contribution is 7.80. The molecule has 0 aliphatic rings. The Labute approximate surface area is 151 Å². The molecule has 0 N–H and O–H groups in total. The minimum atomic E-state index is -0.535. The lowest BCUT2D eigenvalue weighted by Crippen LogP contribution is -2.34. The van der Waals surface area contributed by atoms with Gasteiger partial charge in [0.05, 0.1) is 11.8 Å². The van der Waals surface area contributed by atoms with Crippen LogP contribution in [0.25, 0.3) is 0 Å². The van der Waals surface area contributed by atoms with Crippen LogP contribution >= 0.6 is 25.3 Å². The van der Waals surface area contributed by atoms with E-state index in [0.29, 0.717) is 24.3 Å². The molecular weight excluding hydrogens is 332 g/mol. The van der Waals surface area contributed by atoms with Crippen molar-refractivity contribution in [3.63, 3.8) is 0 Å². The predicted molar refractivity (Wildman–Crippen MR) is 100 cm³/mol.